The van der Waals surface area contributed by atoms with Crippen molar-refractivity contribution >= 4 is 10.0 Å². The van der Waals surface area contributed by atoms with Crippen molar-refractivity contribution in [3.8, 4) is 11.5 Å². The van der Waals surface area contributed by atoms with Crippen LogP contribution in [-0.4, -0.2) is 48.8 Å². The van der Waals surface area contributed by atoms with Gasteiger partial charge in [-0.1, -0.05) is 30.3 Å². The van der Waals surface area contributed by atoms with E-state index in [0.717, 1.165) is 27.7 Å². The summed E-state index contributed by atoms with van der Waals surface area (Å²) in [6.45, 7) is 3.23. The molecule has 1 fully saturated rings. The van der Waals surface area contributed by atoms with Crippen LogP contribution in [0.1, 0.15) is 17.0 Å². The Morgan fingerprint density at radius 2 is 1.59 bits per heavy atom. The first-order chi connectivity index (χ1) is 15.2. The van der Waals surface area contributed by atoms with Crippen LogP contribution in [-0.2, 0) is 22.7 Å². The average molecular weight is 465 g/mol. The van der Waals surface area contributed by atoms with Crippen molar-refractivity contribution in [2.24, 2.45) is 0 Å². The lowest BCUT2D eigenvalue weighted by Gasteiger charge is -2.34. The fourth-order valence-corrected chi connectivity index (χ4v) is 5.32. The maximum Gasteiger partial charge on any atom is 0.417 e. The topological polar surface area (TPSA) is 66.7 Å². The van der Waals surface area contributed by atoms with E-state index >= 15 is 0 Å². The zero-order valence-electron chi connectivity index (χ0n) is 17.3. The van der Waals surface area contributed by atoms with Crippen molar-refractivity contribution in [1.82, 2.24) is 14.2 Å². The van der Waals surface area contributed by atoms with Crippen LogP contribution in [0.3, 0.4) is 0 Å². The molecular formula is C22H22F3N3O3S. The summed E-state index contributed by atoms with van der Waals surface area (Å²) in [6, 6.07) is 13.8. The number of nitrogens with zero attached hydrogens (tertiary/aromatic N) is 3. The second-order valence-corrected chi connectivity index (χ2v) is 9.47. The molecule has 0 amide bonds. The lowest BCUT2D eigenvalue weighted by molar-refractivity contribution is -0.139. The summed E-state index contributed by atoms with van der Waals surface area (Å²) in [5, 5.41) is 0. The number of aryl methyl sites for hydroxylation is 1. The summed E-state index contributed by atoms with van der Waals surface area (Å²) in [5.74, 6) is 1.20. The van der Waals surface area contributed by atoms with Crippen molar-refractivity contribution in [1.29, 1.82) is 0 Å². The molecule has 10 heteroatoms. The van der Waals surface area contributed by atoms with Crippen LogP contribution in [0.25, 0.3) is 11.5 Å². The quantitative estimate of drug-likeness (QED) is 0.566. The Hall–Kier alpha value is -2.69. The standard InChI is InChI=1S/C22H22F3N3O3S/c1-16-19(26-21(31-16)17-7-3-2-4-8-17)15-27-11-13-28(14-12-27)32(29,30)20-10-6-5-9-18(20)22(23,24)25/h2-10H,11-15H2,1H3. The lowest BCUT2D eigenvalue weighted by atomic mass is 10.2. The second-order valence-electron chi connectivity index (χ2n) is 7.56. The van der Waals surface area contributed by atoms with E-state index in [4.69, 9.17) is 4.42 Å². The van der Waals surface area contributed by atoms with Crippen LogP contribution >= 0.6 is 0 Å². The highest BCUT2D eigenvalue weighted by Crippen LogP contribution is 2.35. The first-order valence-electron chi connectivity index (χ1n) is 10.1. The maximum atomic E-state index is 13.3. The molecular weight excluding hydrogens is 443 g/mol. The molecule has 2 heterocycles. The van der Waals surface area contributed by atoms with Gasteiger partial charge in [0.05, 0.1) is 16.2 Å². The van der Waals surface area contributed by atoms with Crippen molar-refractivity contribution in [2.45, 2.75) is 24.5 Å². The number of aromatic nitrogens is 1. The third kappa shape index (κ3) is 4.57. The van der Waals surface area contributed by atoms with Gasteiger partial charge in [0.2, 0.25) is 15.9 Å². The first kappa shape index (κ1) is 22.5. The molecule has 0 aliphatic carbocycles. The van der Waals surface area contributed by atoms with Gasteiger partial charge in [-0.3, -0.25) is 4.90 Å². The largest absolute Gasteiger partial charge is 0.441 e. The molecule has 2 aromatic carbocycles. The summed E-state index contributed by atoms with van der Waals surface area (Å²) >= 11 is 0. The minimum Gasteiger partial charge on any atom is -0.441 e. The summed E-state index contributed by atoms with van der Waals surface area (Å²) in [4.78, 5) is 5.87. The molecule has 3 aromatic rings. The monoisotopic (exact) mass is 465 g/mol. The molecule has 0 atom stereocenters. The van der Waals surface area contributed by atoms with E-state index < -0.39 is 26.7 Å². The minimum atomic E-state index is -4.74. The number of rotatable bonds is 5. The summed E-state index contributed by atoms with van der Waals surface area (Å²) in [5.41, 5.74) is 0.470. The Kier molecular flexibility index (Phi) is 6.11. The van der Waals surface area contributed by atoms with Crippen LogP contribution < -0.4 is 0 Å². The van der Waals surface area contributed by atoms with Gasteiger partial charge < -0.3 is 4.42 Å². The van der Waals surface area contributed by atoms with Gasteiger partial charge in [-0.15, -0.1) is 0 Å². The highest BCUT2D eigenvalue weighted by atomic mass is 32.2. The molecule has 4 rings (SSSR count). The molecule has 0 bridgehead atoms. The average Bonchev–Trinajstić information content (AvgIpc) is 3.14. The van der Waals surface area contributed by atoms with Gasteiger partial charge in [-0.05, 0) is 31.2 Å². The molecule has 0 spiro atoms. The fourth-order valence-electron chi connectivity index (χ4n) is 3.68. The van der Waals surface area contributed by atoms with Crippen molar-refractivity contribution in [3.05, 3.63) is 71.6 Å². The number of alkyl halides is 3. The highest BCUT2D eigenvalue weighted by molar-refractivity contribution is 7.89. The SMILES string of the molecule is Cc1oc(-c2ccccc2)nc1CN1CCN(S(=O)(=O)c2ccccc2C(F)(F)F)CC1. The number of piperazine rings is 1. The van der Waals surface area contributed by atoms with E-state index in [1.807, 2.05) is 42.2 Å². The van der Waals surface area contributed by atoms with E-state index in [1.165, 1.54) is 12.1 Å². The zero-order valence-corrected chi connectivity index (χ0v) is 18.2. The third-order valence-corrected chi connectivity index (χ3v) is 7.39. The van der Waals surface area contributed by atoms with Crippen molar-refractivity contribution in [2.75, 3.05) is 26.2 Å². The Morgan fingerprint density at radius 3 is 2.25 bits per heavy atom. The number of oxazole rings is 1. The van der Waals surface area contributed by atoms with E-state index in [9.17, 15) is 21.6 Å². The van der Waals surface area contributed by atoms with E-state index in [0.29, 0.717) is 31.3 Å². The number of hydrogen-bond acceptors (Lipinski definition) is 5. The molecule has 0 radical (unpaired) electrons. The lowest BCUT2D eigenvalue weighted by Crippen LogP contribution is -2.48. The molecule has 1 saturated heterocycles. The first-order valence-corrected chi connectivity index (χ1v) is 11.5. The van der Waals surface area contributed by atoms with Gasteiger partial charge in [-0.2, -0.15) is 17.5 Å². The maximum absolute atomic E-state index is 13.3. The number of halogens is 3. The van der Waals surface area contributed by atoms with Crippen LogP contribution in [0.2, 0.25) is 0 Å². The molecule has 32 heavy (non-hydrogen) atoms. The molecule has 0 unspecified atom stereocenters. The fraction of sp³-hybridized carbons (Fsp3) is 0.318. The predicted octanol–water partition coefficient (Wildman–Crippen LogP) is 4.18. The molecule has 1 aliphatic heterocycles. The van der Waals surface area contributed by atoms with Gasteiger partial charge >= 0.3 is 6.18 Å². The molecule has 0 N–H and O–H groups in total. The number of sulfonamides is 1. The van der Waals surface area contributed by atoms with E-state index in [1.54, 1.807) is 0 Å². The molecule has 0 saturated carbocycles. The Labute approximate surface area is 184 Å². The van der Waals surface area contributed by atoms with Crippen molar-refractivity contribution < 1.29 is 26.0 Å². The van der Waals surface area contributed by atoms with Gasteiger partial charge in [0.15, 0.2) is 0 Å². The van der Waals surface area contributed by atoms with Crippen molar-refractivity contribution in [3.63, 3.8) is 0 Å². The van der Waals surface area contributed by atoms with Gasteiger partial charge in [0, 0.05) is 38.3 Å². The summed E-state index contributed by atoms with van der Waals surface area (Å²) in [6.07, 6.45) is -4.74. The second kappa shape index (κ2) is 8.68. The zero-order chi connectivity index (χ0) is 22.9. The van der Waals surface area contributed by atoms with Gasteiger partial charge in [-0.25, -0.2) is 13.4 Å². The minimum absolute atomic E-state index is 0.0942. The Bertz CT molecular complexity index is 1190. The predicted molar refractivity (Wildman–Crippen MR) is 112 cm³/mol. The number of benzene rings is 2. The third-order valence-electron chi connectivity index (χ3n) is 5.43. The normalized spacial score (nSPS) is 16.4. The Balaban J connectivity index is 1.45. The summed E-state index contributed by atoms with van der Waals surface area (Å²) < 4.78 is 72.6. The van der Waals surface area contributed by atoms with Crippen LogP contribution in [0.4, 0.5) is 13.2 Å². The summed E-state index contributed by atoms with van der Waals surface area (Å²) in [7, 11) is -4.26. The van der Waals surface area contributed by atoms with Crippen LogP contribution in [0, 0.1) is 6.92 Å². The molecule has 1 aromatic heterocycles. The molecule has 1 aliphatic rings. The van der Waals surface area contributed by atoms with Gasteiger partial charge in [0.25, 0.3) is 0 Å². The molecule has 170 valence electrons. The molecule has 6 nitrogen and oxygen atoms in total. The van der Waals surface area contributed by atoms with Gasteiger partial charge in [0.1, 0.15) is 5.76 Å². The smallest absolute Gasteiger partial charge is 0.417 e. The van der Waals surface area contributed by atoms with E-state index in [-0.39, 0.29) is 13.1 Å². The Morgan fingerprint density at radius 1 is 0.969 bits per heavy atom. The number of hydrogen-bond donors (Lipinski definition) is 0. The van der Waals surface area contributed by atoms with Crippen LogP contribution in [0.5, 0.6) is 0 Å². The van der Waals surface area contributed by atoms with E-state index in [2.05, 4.69) is 4.98 Å². The highest BCUT2D eigenvalue weighted by Gasteiger charge is 2.39. The van der Waals surface area contributed by atoms with Crippen LogP contribution in [0.15, 0.2) is 63.9 Å².